The number of nitrogens with zero attached hydrogens (tertiary/aromatic N) is 1. The number of halogens is 2. The molecule has 2 aromatic carbocycles. The Labute approximate surface area is 184 Å². The van der Waals surface area contributed by atoms with Crippen molar-refractivity contribution in [2.75, 3.05) is 0 Å². The van der Waals surface area contributed by atoms with Crippen molar-refractivity contribution >= 4 is 39.1 Å². The van der Waals surface area contributed by atoms with E-state index in [1.807, 2.05) is 25.1 Å². The number of pyridine rings is 1. The van der Waals surface area contributed by atoms with Crippen molar-refractivity contribution in [3.63, 3.8) is 0 Å². The molecule has 1 fully saturated rings. The second-order valence-electron chi connectivity index (χ2n) is 7.67. The van der Waals surface area contributed by atoms with Crippen LogP contribution in [-0.4, -0.2) is 22.1 Å². The van der Waals surface area contributed by atoms with Crippen LogP contribution >= 0.6 is 0 Å². The van der Waals surface area contributed by atoms with E-state index in [2.05, 4.69) is 14.4 Å². The molecule has 5 rings (SSSR count). The van der Waals surface area contributed by atoms with Gasteiger partial charge in [0.05, 0.1) is 5.39 Å². The minimum atomic E-state index is -3.00. The first-order valence-electron chi connectivity index (χ1n) is 10.0. The molecule has 0 saturated heterocycles. The lowest BCUT2D eigenvalue weighted by Gasteiger charge is -2.11. The van der Waals surface area contributed by atoms with Gasteiger partial charge in [-0.05, 0) is 55.5 Å². The maximum Gasteiger partial charge on any atom is 0.387 e. The van der Waals surface area contributed by atoms with Crippen LogP contribution in [0.3, 0.4) is 0 Å². The van der Waals surface area contributed by atoms with Crippen LogP contribution in [0, 0.1) is 6.92 Å². The molecule has 1 unspecified atom stereocenters. The van der Waals surface area contributed by atoms with Gasteiger partial charge in [-0.3, -0.25) is 4.79 Å². The van der Waals surface area contributed by atoms with Crippen LogP contribution in [0.1, 0.15) is 40.6 Å². The smallest absolute Gasteiger partial charge is 0.387 e. The Hall–Kier alpha value is -3.17. The first-order valence-corrected chi connectivity index (χ1v) is 11.2. The molecule has 9 heteroatoms. The summed E-state index contributed by atoms with van der Waals surface area (Å²) in [5.41, 5.74) is 2.37. The molecule has 2 heterocycles. The molecule has 1 amide bonds. The molecule has 1 atom stereocenters. The summed E-state index contributed by atoms with van der Waals surface area (Å²) in [7, 11) is 0. The summed E-state index contributed by atoms with van der Waals surface area (Å²) in [6, 6.07) is 13.5. The Morgan fingerprint density at radius 1 is 1.25 bits per heavy atom. The third kappa shape index (κ3) is 4.01. The van der Waals surface area contributed by atoms with Crippen LogP contribution in [0.25, 0.3) is 21.9 Å². The Morgan fingerprint density at radius 2 is 2.06 bits per heavy atom. The lowest BCUT2D eigenvalue weighted by atomic mass is 10.1. The number of furan rings is 1. The average Bonchev–Trinajstić information content (AvgIpc) is 3.51. The molecular formula is C23H18F2N2O4S. The Kier molecular flexibility index (Phi) is 5.22. The van der Waals surface area contributed by atoms with Crippen LogP contribution in [-0.2, 0) is 11.4 Å². The number of hydrogen-bond donors (Lipinski definition) is 1. The molecule has 1 aliphatic rings. The highest BCUT2D eigenvalue weighted by molar-refractivity contribution is 7.90. The molecule has 1 aliphatic carbocycles. The van der Waals surface area contributed by atoms with Crippen molar-refractivity contribution in [2.45, 2.75) is 37.2 Å². The monoisotopic (exact) mass is 456 g/mol. The van der Waals surface area contributed by atoms with Gasteiger partial charge < -0.3 is 13.7 Å². The Bertz CT molecular complexity index is 1340. The first kappa shape index (κ1) is 20.7. The van der Waals surface area contributed by atoms with Crippen molar-refractivity contribution in [3.05, 3.63) is 65.5 Å². The number of ether oxygens (including phenoxy) is 1. The summed E-state index contributed by atoms with van der Waals surface area (Å²) in [6.45, 7) is -1.18. The van der Waals surface area contributed by atoms with E-state index >= 15 is 0 Å². The molecular weight excluding hydrogens is 438 g/mol. The lowest BCUT2D eigenvalue weighted by Crippen LogP contribution is -2.30. The minimum absolute atomic E-state index is 0.0444. The summed E-state index contributed by atoms with van der Waals surface area (Å²) in [4.78, 5) is 17.5. The molecule has 2 aromatic heterocycles. The zero-order chi connectivity index (χ0) is 22.4. The number of benzene rings is 2. The van der Waals surface area contributed by atoms with Crippen LogP contribution in [0.5, 0.6) is 5.75 Å². The third-order valence-electron chi connectivity index (χ3n) is 5.32. The highest BCUT2D eigenvalue weighted by atomic mass is 32.2. The van der Waals surface area contributed by atoms with E-state index < -0.39 is 23.9 Å². The molecule has 32 heavy (non-hydrogen) atoms. The van der Waals surface area contributed by atoms with Crippen molar-refractivity contribution in [1.29, 1.82) is 0 Å². The van der Waals surface area contributed by atoms with Gasteiger partial charge in [0.1, 0.15) is 28.2 Å². The summed E-state index contributed by atoms with van der Waals surface area (Å²) in [5.74, 6) is -0.654. The number of fused-ring (bicyclic) bond motifs is 2. The molecule has 6 nitrogen and oxygen atoms in total. The second-order valence-corrected chi connectivity index (χ2v) is 8.86. The van der Waals surface area contributed by atoms with E-state index in [-0.39, 0.29) is 28.4 Å². The maximum atomic E-state index is 12.9. The van der Waals surface area contributed by atoms with Crippen LogP contribution < -0.4 is 9.46 Å². The van der Waals surface area contributed by atoms with Crippen LogP contribution in [0.2, 0.25) is 0 Å². The summed E-state index contributed by atoms with van der Waals surface area (Å²) >= 11 is -1.91. The number of aryl methyl sites for hydroxylation is 1. The summed E-state index contributed by atoms with van der Waals surface area (Å²) < 4.78 is 51.4. The van der Waals surface area contributed by atoms with E-state index in [9.17, 15) is 18.1 Å². The van der Waals surface area contributed by atoms with Crippen molar-refractivity contribution in [3.8, 4) is 5.75 Å². The van der Waals surface area contributed by atoms with Gasteiger partial charge in [0, 0.05) is 17.1 Å². The number of nitrogens with one attached hydrogen (secondary N) is 1. The van der Waals surface area contributed by atoms with E-state index in [1.165, 1.54) is 6.07 Å². The van der Waals surface area contributed by atoms with E-state index in [4.69, 9.17) is 4.42 Å². The molecule has 0 radical (unpaired) electrons. The number of carbonyl (C=O) groups is 1. The number of para-hydroxylation sites is 1. The summed E-state index contributed by atoms with van der Waals surface area (Å²) in [6.07, 6.45) is 1.93. The van der Waals surface area contributed by atoms with E-state index in [0.29, 0.717) is 10.4 Å². The number of amides is 1. The number of rotatable bonds is 6. The number of hydrogen-bond acceptors (Lipinski definition) is 5. The van der Waals surface area contributed by atoms with E-state index in [1.54, 1.807) is 24.3 Å². The Balaban J connectivity index is 1.45. The third-order valence-corrected chi connectivity index (χ3v) is 6.42. The van der Waals surface area contributed by atoms with Gasteiger partial charge in [0.15, 0.2) is 5.76 Å². The zero-order valence-corrected chi connectivity index (χ0v) is 17.7. The first-order chi connectivity index (χ1) is 15.4. The average molecular weight is 456 g/mol. The SMILES string of the molecule is Cc1ccc2cccc([S+]([O-])NC(=O)c3cc4c(OC(F)F)cc(C5CC5)cc4o3)c2n1. The van der Waals surface area contributed by atoms with Crippen molar-refractivity contribution in [2.24, 2.45) is 0 Å². The standard InChI is InChI=1S/C23H18F2N2O4S/c1-12-5-6-14-3-2-4-20(21(14)26-12)32(29)27-22(28)19-11-16-17(30-19)9-15(13-7-8-13)10-18(16)31-23(24)25/h2-6,9-11,13,23H,7-8H2,1H3,(H,27,28). The van der Waals surface area contributed by atoms with Crippen LogP contribution in [0.4, 0.5) is 8.78 Å². The largest absolute Gasteiger partial charge is 0.588 e. The van der Waals surface area contributed by atoms with Gasteiger partial charge >= 0.3 is 12.5 Å². The molecule has 0 aliphatic heterocycles. The predicted octanol–water partition coefficient (Wildman–Crippen LogP) is 5.22. The zero-order valence-electron chi connectivity index (χ0n) is 16.9. The van der Waals surface area contributed by atoms with Gasteiger partial charge in [-0.1, -0.05) is 18.2 Å². The second kappa shape index (κ2) is 8.07. The fourth-order valence-corrected chi connectivity index (χ4v) is 4.56. The molecule has 1 saturated carbocycles. The van der Waals surface area contributed by atoms with Crippen LogP contribution in [0.15, 0.2) is 57.8 Å². The predicted molar refractivity (Wildman–Crippen MR) is 115 cm³/mol. The van der Waals surface area contributed by atoms with Gasteiger partial charge in [-0.15, -0.1) is 0 Å². The number of carbonyl (C=O) groups excluding carboxylic acids is 1. The minimum Gasteiger partial charge on any atom is -0.588 e. The Morgan fingerprint density at radius 3 is 2.81 bits per heavy atom. The van der Waals surface area contributed by atoms with Gasteiger partial charge in [-0.25, -0.2) is 4.98 Å². The topological polar surface area (TPSA) is 87.4 Å². The van der Waals surface area contributed by atoms with Gasteiger partial charge in [0.25, 0.3) is 0 Å². The molecule has 1 N–H and O–H groups in total. The number of aromatic nitrogens is 1. The lowest BCUT2D eigenvalue weighted by molar-refractivity contribution is -0.0488. The molecule has 164 valence electrons. The fourth-order valence-electron chi connectivity index (χ4n) is 3.64. The van der Waals surface area contributed by atoms with Crippen molar-refractivity contribution < 1.29 is 27.3 Å². The number of alkyl halides is 2. The van der Waals surface area contributed by atoms with Gasteiger partial charge in [-0.2, -0.15) is 13.5 Å². The van der Waals surface area contributed by atoms with Gasteiger partial charge in [0.2, 0.25) is 4.90 Å². The highest BCUT2D eigenvalue weighted by Crippen LogP contribution is 2.44. The quantitative estimate of drug-likeness (QED) is 0.402. The summed E-state index contributed by atoms with van der Waals surface area (Å²) in [5, 5.41) is 1.05. The molecule has 0 spiro atoms. The maximum absolute atomic E-state index is 12.9. The highest BCUT2D eigenvalue weighted by Gasteiger charge is 2.28. The molecule has 0 bridgehead atoms. The normalized spacial score (nSPS) is 14.8. The van der Waals surface area contributed by atoms with E-state index in [0.717, 1.165) is 29.5 Å². The van der Waals surface area contributed by atoms with Crippen molar-refractivity contribution in [1.82, 2.24) is 9.71 Å². The molecule has 4 aromatic rings. The fraction of sp³-hybridized carbons (Fsp3) is 0.217.